The molecule has 0 aliphatic carbocycles. The maximum Gasteiger partial charge on any atom is 0.267 e. The first-order chi connectivity index (χ1) is 12.0. The maximum atomic E-state index is 12.5. The molecule has 1 saturated heterocycles. The highest BCUT2D eigenvalue weighted by molar-refractivity contribution is 7.98. The Balaban J connectivity index is 1.41. The molecule has 2 aliphatic rings. The number of fused-ring (bicyclic) bond motifs is 1. The van der Waals surface area contributed by atoms with Gasteiger partial charge in [-0.15, -0.1) is 11.3 Å². The van der Waals surface area contributed by atoms with E-state index in [1.54, 1.807) is 10.7 Å². The average Bonchev–Trinajstić information content (AvgIpc) is 2.88. The van der Waals surface area contributed by atoms with E-state index in [-0.39, 0.29) is 11.5 Å². The predicted molar refractivity (Wildman–Crippen MR) is 99.3 cm³/mol. The molecule has 2 aromatic rings. The second kappa shape index (κ2) is 6.57. The van der Waals surface area contributed by atoms with Crippen molar-refractivity contribution in [2.75, 3.05) is 18.8 Å². The van der Waals surface area contributed by atoms with Crippen LogP contribution in [0.1, 0.15) is 31.6 Å². The van der Waals surface area contributed by atoms with Gasteiger partial charge in [0.1, 0.15) is 4.88 Å². The minimum absolute atomic E-state index is 0.0278. The highest BCUT2D eigenvalue weighted by atomic mass is 32.2. The molecular formula is C17H20N4O2S2. The molecule has 0 bridgehead atoms. The molecule has 4 rings (SSSR count). The number of thioether (sulfide) groups is 1. The highest BCUT2D eigenvalue weighted by Crippen LogP contribution is 2.25. The van der Waals surface area contributed by atoms with Gasteiger partial charge in [0.2, 0.25) is 0 Å². The molecule has 0 radical (unpaired) electrons. The summed E-state index contributed by atoms with van der Waals surface area (Å²) >= 11 is 3.30. The SMILES string of the molecule is Cc1nc(C)c(C(=O)N2CC(Cn3nc4c(cc3=O)CSCC4)C2)s1. The minimum atomic E-state index is -0.0278. The third-order valence-electron chi connectivity index (χ3n) is 4.68. The van der Waals surface area contributed by atoms with Crippen LogP contribution in [0.5, 0.6) is 0 Å². The fraction of sp³-hybridized carbons (Fsp3) is 0.529. The van der Waals surface area contributed by atoms with Gasteiger partial charge in [-0.25, -0.2) is 9.67 Å². The molecule has 6 nitrogen and oxygen atoms in total. The summed E-state index contributed by atoms with van der Waals surface area (Å²) in [6.45, 7) is 5.74. The van der Waals surface area contributed by atoms with E-state index in [9.17, 15) is 9.59 Å². The van der Waals surface area contributed by atoms with Crippen molar-refractivity contribution in [3.05, 3.63) is 43.3 Å². The number of aromatic nitrogens is 3. The summed E-state index contributed by atoms with van der Waals surface area (Å²) in [5, 5.41) is 5.48. The molecule has 1 fully saturated rings. The molecule has 0 spiro atoms. The van der Waals surface area contributed by atoms with E-state index in [4.69, 9.17) is 0 Å². The molecular weight excluding hydrogens is 356 g/mol. The number of rotatable bonds is 3. The Morgan fingerprint density at radius 3 is 2.88 bits per heavy atom. The fourth-order valence-electron chi connectivity index (χ4n) is 3.35. The normalized spacial score (nSPS) is 17.3. The predicted octanol–water partition coefficient (Wildman–Crippen LogP) is 1.88. The monoisotopic (exact) mass is 376 g/mol. The maximum absolute atomic E-state index is 12.5. The van der Waals surface area contributed by atoms with Crippen molar-refractivity contribution >= 4 is 29.0 Å². The number of aryl methyl sites for hydroxylation is 3. The summed E-state index contributed by atoms with van der Waals surface area (Å²) in [6.07, 6.45) is 0.930. The number of carbonyl (C=O) groups is 1. The summed E-state index contributed by atoms with van der Waals surface area (Å²) in [5.41, 5.74) is 2.92. The number of nitrogens with zero attached hydrogens (tertiary/aromatic N) is 4. The first-order valence-corrected chi connectivity index (χ1v) is 10.4. The molecule has 1 amide bonds. The Bertz CT molecular complexity index is 883. The summed E-state index contributed by atoms with van der Waals surface area (Å²) in [7, 11) is 0. The van der Waals surface area contributed by atoms with Crippen LogP contribution in [-0.2, 0) is 18.7 Å². The van der Waals surface area contributed by atoms with Gasteiger partial charge < -0.3 is 4.90 Å². The van der Waals surface area contributed by atoms with Crippen molar-refractivity contribution in [1.82, 2.24) is 19.7 Å². The van der Waals surface area contributed by atoms with Gasteiger partial charge in [-0.1, -0.05) is 0 Å². The first kappa shape index (κ1) is 16.8. The van der Waals surface area contributed by atoms with E-state index in [1.165, 1.54) is 11.3 Å². The number of hydrogen-bond donors (Lipinski definition) is 0. The van der Waals surface area contributed by atoms with Gasteiger partial charge >= 0.3 is 0 Å². The lowest BCUT2D eigenvalue weighted by atomic mass is 10.00. The lowest BCUT2D eigenvalue weighted by Crippen LogP contribution is -2.52. The molecule has 0 atom stereocenters. The summed E-state index contributed by atoms with van der Waals surface area (Å²) in [4.78, 5) is 31.7. The van der Waals surface area contributed by atoms with Crippen LogP contribution >= 0.6 is 23.1 Å². The first-order valence-electron chi connectivity index (χ1n) is 8.42. The minimum Gasteiger partial charge on any atom is -0.337 e. The number of thiazole rings is 1. The summed E-state index contributed by atoms with van der Waals surface area (Å²) in [6, 6.07) is 1.74. The second-order valence-corrected chi connectivity index (χ2v) is 8.97. The van der Waals surface area contributed by atoms with E-state index in [0.717, 1.165) is 44.8 Å². The van der Waals surface area contributed by atoms with Gasteiger partial charge in [0, 0.05) is 37.2 Å². The quantitative estimate of drug-likeness (QED) is 0.818. The standard InChI is InChI=1S/C17H20N4O2S2/c1-10-16(25-11(2)18-10)17(23)20-6-12(7-20)8-21-15(22)5-13-9-24-4-3-14(13)19-21/h5,12H,3-4,6-9H2,1-2H3. The van der Waals surface area contributed by atoms with Crippen molar-refractivity contribution in [2.24, 2.45) is 5.92 Å². The number of amides is 1. The number of carbonyl (C=O) groups excluding carboxylic acids is 1. The van der Waals surface area contributed by atoms with Crippen LogP contribution in [0, 0.1) is 19.8 Å². The van der Waals surface area contributed by atoms with Crippen LogP contribution in [0.4, 0.5) is 0 Å². The van der Waals surface area contributed by atoms with E-state index in [1.807, 2.05) is 30.5 Å². The fourth-order valence-corrected chi connectivity index (χ4v) is 5.19. The number of likely N-dealkylation sites (tertiary alicyclic amines) is 1. The molecule has 2 aromatic heterocycles. The molecule has 0 unspecified atom stereocenters. The van der Waals surface area contributed by atoms with E-state index >= 15 is 0 Å². The molecule has 0 N–H and O–H groups in total. The Labute approximate surface area is 154 Å². The smallest absolute Gasteiger partial charge is 0.267 e. The average molecular weight is 377 g/mol. The van der Waals surface area contributed by atoms with Gasteiger partial charge in [-0.05, 0) is 25.2 Å². The molecule has 2 aliphatic heterocycles. The van der Waals surface area contributed by atoms with Gasteiger partial charge in [-0.3, -0.25) is 9.59 Å². The van der Waals surface area contributed by atoms with Crippen molar-refractivity contribution in [2.45, 2.75) is 32.6 Å². The van der Waals surface area contributed by atoms with E-state index in [2.05, 4.69) is 10.1 Å². The van der Waals surface area contributed by atoms with E-state index < -0.39 is 0 Å². The lowest BCUT2D eigenvalue weighted by Gasteiger charge is -2.39. The zero-order chi connectivity index (χ0) is 17.6. The second-order valence-electron chi connectivity index (χ2n) is 6.66. The Morgan fingerprint density at radius 2 is 2.16 bits per heavy atom. The molecule has 0 aromatic carbocycles. The van der Waals surface area contributed by atoms with Crippen LogP contribution in [0.25, 0.3) is 0 Å². The Morgan fingerprint density at radius 1 is 1.36 bits per heavy atom. The molecule has 132 valence electrons. The van der Waals surface area contributed by atoms with Gasteiger partial charge in [-0.2, -0.15) is 16.9 Å². The molecule has 0 saturated carbocycles. The number of hydrogen-bond acceptors (Lipinski definition) is 6. The van der Waals surface area contributed by atoms with E-state index in [0.29, 0.717) is 25.6 Å². The Hall–Kier alpha value is -1.67. The van der Waals surface area contributed by atoms with Crippen molar-refractivity contribution < 1.29 is 4.79 Å². The summed E-state index contributed by atoms with van der Waals surface area (Å²) in [5.74, 6) is 2.30. The lowest BCUT2D eigenvalue weighted by molar-refractivity contribution is 0.0462. The Kier molecular flexibility index (Phi) is 4.41. The van der Waals surface area contributed by atoms with Crippen LogP contribution in [0.3, 0.4) is 0 Å². The highest BCUT2D eigenvalue weighted by Gasteiger charge is 2.33. The van der Waals surface area contributed by atoms with Crippen LogP contribution in [-0.4, -0.2) is 44.4 Å². The topological polar surface area (TPSA) is 68.1 Å². The van der Waals surface area contributed by atoms with Crippen molar-refractivity contribution in [3.8, 4) is 0 Å². The van der Waals surface area contributed by atoms with Crippen LogP contribution in [0.2, 0.25) is 0 Å². The zero-order valence-electron chi connectivity index (χ0n) is 14.3. The van der Waals surface area contributed by atoms with Gasteiger partial charge in [0.05, 0.1) is 22.9 Å². The summed E-state index contributed by atoms with van der Waals surface area (Å²) < 4.78 is 1.59. The van der Waals surface area contributed by atoms with Crippen LogP contribution in [0.15, 0.2) is 10.9 Å². The van der Waals surface area contributed by atoms with Gasteiger partial charge in [0.15, 0.2) is 0 Å². The third-order valence-corrected chi connectivity index (χ3v) is 6.75. The molecule has 8 heteroatoms. The van der Waals surface area contributed by atoms with Crippen LogP contribution < -0.4 is 5.56 Å². The third kappa shape index (κ3) is 3.25. The molecule has 25 heavy (non-hydrogen) atoms. The van der Waals surface area contributed by atoms with Crippen molar-refractivity contribution in [1.29, 1.82) is 0 Å². The zero-order valence-corrected chi connectivity index (χ0v) is 16.0. The van der Waals surface area contributed by atoms with Gasteiger partial charge in [0.25, 0.3) is 11.5 Å². The largest absolute Gasteiger partial charge is 0.337 e. The van der Waals surface area contributed by atoms with Crippen molar-refractivity contribution in [3.63, 3.8) is 0 Å². The molecule has 4 heterocycles.